The van der Waals surface area contributed by atoms with E-state index in [4.69, 9.17) is 11.6 Å². The van der Waals surface area contributed by atoms with E-state index in [1.807, 2.05) is 13.0 Å². The Morgan fingerprint density at radius 2 is 2.11 bits per heavy atom. The number of halogens is 4. The van der Waals surface area contributed by atoms with Crippen LogP contribution < -0.4 is 0 Å². The molecule has 1 aromatic heterocycles. The minimum absolute atomic E-state index is 0.175. The standard InChI is InChI=1S/C11H17ClF3N3/c1-3-9-6-10(17(2)16-9)7-18(5-4-12)8-11(13,14)15/h6H,3-5,7-8H2,1-2H3. The smallest absolute Gasteiger partial charge is 0.288 e. The lowest BCUT2D eigenvalue weighted by Crippen LogP contribution is -2.35. The van der Waals surface area contributed by atoms with E-state index in [0.29, 0.717) is 0 Å². The van der Waals surface area contributed by atoms with Crippen LogP contribution in [0, 0.1) is 0 Å². The fourth-order valence-electron chi connectivity index (χ4n) is 1.71. The summed E-state index contributed by atoms with van der Waals surface area (Å²) < 4.78 is 38.8. The van der Waals surface area contributed by atoms with Crippen molar-refractivity contribution in [2.75, 3.05) is 19.0 Å². The summed E-state index contributed by atoms with van der Waals surface area (Å²) in [4.78, 5) is 1.28. The SMILES string of the molecule is CCc1cc(CN(CCCl)CC(F)(F)F)n(C)n1. The minimum atomic E-state index is -4.21. The van der Waals surface area contributed by atoms with Crippen LogP contribution in [0.4, 0.5) is 13.2 Å². The van der Waals surface area contributed by atoms with Gasteiger partial charge in [-0.05, 0) is 12.5 Å². The molecule has 0 unspecified atom stereocenters. The van der Waals surface area contributed by atoms with Crippen molar-refractivity contribution in [3.63, 3.8) is 0 Å². The van der Waals surface area contributed by atoms with Crippen molar-refractivity contribution in [2.24, 2.45) is 7.05 Å². The molecule has 0 fully saturated rings. The van der Waals surface area contributed by atoms with Crippen LogP contribution in [-0.2, 0) is 20.0 Å². The van der Waals surface area contributed by atoms with Crippen LogP contribution in [0.15, 0.2) is 6.07 Å². The van der Waals surface area contributed by atoms with Gasteiger partial charge in [-0.3, -0.25) is 9.58 Å². The molecule has 0 atom stereocenters. The maximum absolute atomic E-state index is 12.4. The summed E-state index contributed by atoms with van der Waals surface area (Å²) in [5, 5.41) is 4.21. The Kier molecular flexibility index (Phi) is 5.47. The van der Waals surface area contributed by atoms with Crippen LogP contribution >= 0.6 is 11.6 Å². The second-order valence-electron chi connectivity index (χ2n) is 4.12. The molecule has 0 radical (unpaired) electrons. The third kappa shape index (κ3) is 4.86. The van der Waals surface area contributed by atoms with E-state index in [-0.39, 0.29) is 19.0 Å². The van der Waals surface area contributed by atoms with Gasteiger partial charge in [0.25, 0.3) is 0 Å². The van der Waals surface area contributed by atoms with Gasteiger partial charge >= 0.3 is 6.18 Å². The molecule has 0 saturated carbocycles. The van der Waals surface area contributed by atoms with E-state index in [1.54, 1.807) is 11.7 Å². The minimum Gasteiger partial charge on any atom is -0.288 e. The van der Waals surface area contributed by atoms with Crippen LogP contribution in [0.25, 0.3) is 0 Å². The number of rotatable bonds is 6. The van der Waals surface area contributed by atoms with Gasteiger partial charge in [-0.1, -0.05) is 6.92 Å². The molecule has 1 aromatic rings. The lowest BCUT2D eigenvalue weighted by molar-refractivity contribution is -0.146. The van der Waals surface area contributed by atoms with Crippen molar-refractivity contribution in [3.05, 3.63) is 17.5 Å². The van der Waals surface area contributed by atoms with Crippen molar-refractivity contribution in [1.29, 1.82) is 0 Å². The molecule has 0 aliphatic carbocycles. The highest BCUT2D eigenvalue weighted by Gasteiger charge is 2.30. The van der Waals surface area contributed by atoms with Gasteiger partial charge in [0, 0.05) is 26.0 Å². The summed E-state index contributed by atoms with van der Waals surface area (Å²) in [5.74, 6) is 0.175. The molecule has 104 valence electrons. The number of hydrogen-bond acceptors (Lipinski definition) is 2. The number of nitrogens with zero attached hydrogens (tertiary/aromatic N) is 3. The largest absolute Gasteiger partial charge is 0.401 e. The summed E-state index contributed by atoms with van der Waals surface area (Å²) >= 11 is 5.53. The Morgan fingerprint density at radius 3 is 2.56 bits per heavy atom. The van der Waals surface area contributed by atoms with E-state index < -0.39 is 12.7 Å². The van der Waals surface area contributed by atoms with E-state index in [0.717, 1.165) is 17.8 Å². The van der Waals surface area contributed by atoms with E-state index >= 15 is 0 Å². The van der Waals surface area contributed by atoms with Gasteiger partial charge in [0.2, 0.25) is 0 Å². The lowest BCUT2D eigenvalue weighted by atomic mass is 10.3. The highest BCUT2D eigenvalue weighted by Crippen LogP contribution is 2.18. The first-order valence-electron chi connectivity index (χ1n) is 5.72. The molecule has 18 heavy (non-hydrogen) atoms. The van der Waals surface area contributed by atoms with Gasteiger partial charge in [0.15, 0.2) is 0 Å². The second kappa shape index (κ2) is 6.43. The molecule has 7 heteroatoms. The topological polar surface area (TPSA) is 21.1 Å². The molecule has 0 aromatic carbocycles. The Bertz CT molecular complexity index is 376. The average molecular weight is 284 g/mol. The second-order valence-corrected chi connectivity index (χ2v) is 4.50. The van der Waals surface area contributed by atoms with Gasteiger partial charge in [-0.2, -0.15) is 18.3 Å². The van der Waals surface area contributed by atoms with Crippen molar-refractivity contribution in [1.82, 2.24) is 14.7 Å². The highest BCUT2D eigenvalue weighted by atomic mass is 35.5. The highest BCUT2D eigenvalue weighted by molar-refractivity contribution is 6.18. The molecule has 0 spiro atoms. The van der Waals surface area contributed by atoms with Crippen LogP contribution in [-0.4, -0.2) is 39.8 Å². The average Bonchev–Trinajstić information content (AvgIpc) is 2.58. The summed E-state index contributed by atoms with van der Waals surface area (Å²) in [6.45, 7) is 1.41. The number of alkyl halides is 4. The zero-order valence-electron chi connectivity index (χ0n) is 10.5. The molecule has 0 bridgehead atoms. The molecule has 0 N–H and O–H groups in total. The molecular weight excluding hydrogens is 267 g/mol. The molecule has 1 heterocycles. The first kappa shape index (κ1) is 15.3. The molecule has 0 aliphatic rings. The maximum atomic E-state index is 12.4. The zero-order valence-corrected chi connectivity index (χ0v) is 11.2. The van der Waals surface area contributed by atoms with Crippen molar-refractivity contribution in [2.45, 2.75) is 26.1 Å². The normalized spacial score (nSPS) is 12.4. The van der Waals surface area contributed by atoms with Gasteiger partial charge in [0.1, 0.15) is 0 Å². The monoisotopic (exact) mass is 283 g/mol. The number of aryl methyl sites for hydroxylation is 2. The summed E-state index contributed by atoms with van der Waals surface area (Å²) in [6.07, 6.45) is -3.44. The lowest BCUT2D eigenvalue weighted by Gasteiger charge is -2.22. The van der Waals surface area contributed by atoms with Crippen molar-refractivity contribution >= 4 is 11.6 Å². The predicted molar refractivity (Wildman–Crippen MR) is 64.6 cm³/mol. The Labute approximate surface area is 110 Å². The van der Waals surface area contributed by atoms with E-state index in [1.165, 1.54) is 4.90 Å². The Morgan fingerprint density at radius 1 is 1.44 bits per heavy atom. The zero-order chi connectivity index (χ0) is 13.8. The third-order valence-electron chi connectivity index (χ3n) is 2.58. The van der Waals surface area contributed by atoms with E-state index in [2.05, 4.69) is 5.10 Å². The molecule has 0 saturated heterocycles. The quantitative estimate of drug-likeness (QED) is 0.748. The first-order valence-corrected chi connectivity index (χ1v) is 6.26. The molecular formula is C11H17ClF3N3. The number of aromatic nitrogens is 2. The fourth-order valence-corrected chi connectivity index (χ4v) is 1.95. The Balaban J connectivity index is 2.72. The van der Waals surface area contributed by atoms with Gasteiger partial charge < -0.3 is 0 Å². The summed E-state index contributed by atoms with van der Waals surface area (Å²) in [5.41, 5.74) is 1.64. The number of hydrogen-bond donors (Lipinski definition) is 0. The first-order chi connectivity index (χ1) is 8.35. The van der Waals surface area contributed by atoms with Crippen molar-refractivity contribution < 1.29 is 13.2 Å². The molecule has 0 aliphatic heterocycles. The van der Waals surface area contributed by atoms with Crippen LogP contribution in [0.2, 0.25) is 0 Å². The van der Waals surface area contributed by atoms with Gasteiger partial charge in [-0.15, -0.1) is 11.6 Å². The van der Waals surface area contributed by atoms with Crippen LogP contribution in [0.3, 0.4) is 0 Å². The van der Waals surface area contributed by atoms with Crippen LogP contribution in [0.5, 0.6) is 0 Å². The third-order valence-corrected chi connectivity index (χ3v) is 2.75. The summed E-state index contributed by atoms with van der Waals surface area (Å²) in [7, 11) is 1.74. The fraction of sp³-hybridized carbons (Fsp3) is 0.727. The van der Waals surface area contributed by atoms with Gasteiger partial charge in [-0.25, -0.2) is 0 Å². The Hall–Kier alpha value is -0.750. The maximum Gasteiger partial charge on any atom is 0.401 e. The van der Waals surface area contributed by atoms with Crippen molar-refractivity contribution in [3.8, 4) is 0 Å². The van der Waals surface area contributed by atoms with Gasteiger partial charge in [0.05, 0.1) is 17.9 Å². The molecule has 3 nitrogen and oxygen atoms in total. The summed E-state index contributed by atoms with van der Waals surface area (Å²) in [6, 6.07) is 1.83. The van der Waals surface area contributed by atoms with E-state index in [9.17, 15) is 13.2 Å². The molecule has 1 rings (SSSR count). The molecule has 0 amide bonds. The predicted octanol–water partition coefficient (Wildman–Crippen LogP) is 2.59. The van der Waals surface area contributed by atoms with Crippen LogP contribution in [0.1, 0.15) is 18.3 Å².